The Hall–Kier alpha value is -1.45. The molecule has 3 aliphatic carbocycles. The standard InChI is InChI=1S/C27H34O2S/c1-3-18-16-24-19(15-20(18)17-30(29)21-7-5-4-6-8-21)9-10-23-22(24)13-14-27(2)25(23)11-12-26(27)28/h4-8,15-16,22-23,25-26,28H,3,9-14,17H2,1-2H3. The van der Waals surface area contributed by atoms with Crippen molar-refractivity contribution in [2.75, 3.05) is 0 Å². The summed E-state index contributed by atoms with van der Waals surface area (Å²) in [6, 6.07) is 14.7. The molecule has 0 bridgehead atoms. The fourth-order valence-electron chi connectivity index (χ4n) is 6.95. The predicted octanol–water partition coefficient (Wildman–Crippen LogP) is 5.77. The highest BCUT2D eigenvalue weighted by Crippen LogP contribution is 2.60. The van der Waals surface area contributed by atoms with E-state index in [1.807, 2.05) is 30.3 Å². The molecule has 2 nitrogen and oxygen atoms in total. The first-order valence-corrected chi connectivity index (χ1v) is 13.1. The lowest BCUT2D eigenvalue weighted by atomic mass is 9.55. The predicted molar refractivity (Wildman–Crippen MR) is 123 cm³/mol. The molecule has 0 aliphatic heterocycles. The van der Waals surface area contributed by atoms with Crippen LogP contribution in [-0.2, 0) is 29.4 Å². The van der Waals surface area contributed by atoms with Gasteiger partial charge in [0.1, 0.15) is 0 Å². The van der Waals surface area contributed by atoms with Crippen LogP contribution in [0.4, 0.5) is 0 Å². The fourth-order valence-corrected chi connectivity index (χ4v) is 8.13. The highest BCUT2D eigenvalue weighted by Gasteiger charge is 2.54. The zero-order valence-corrected chi connectivity index (χ0v) is 19.1. The van der Waals surface area contributed by atoms with Crippen LogP contribution in [0.15, 0.2) is 47.4 Å². The zero-order valence-electron chi connectivity index (χ0n) is 18.3. The lowest BCUT2D eigenvalue weighted by molar-refractivity contribution is -0.0226. The summed E-state index contributed by atoms with van der Waals surface area (Å²) < 4.78 is 13.0. The molecule has 1 N–H and O–H groups in total. The van der Waals surface area contributed by atoms with Crippen molar-refractivity contribution in [3.63, 3.8) is 0 Å². The first-order valence-electron chi connectivity index (χ1n) is 11.8. The zero-order chi connectivity index (χ0) is 20.9. The quantitative estimate of drug-likeness (QED) is 0.679. The number of aliphatic hydroxyl groups excluding tert-OH is 1. The number of benzene rings is 2. The van der Waals surface area contributed by atoms with E-state index >= 15 is 0 Å². The van der Waals surface area contributed by atoms with Crippen molar-refractivity contribution in [3.8, 4) is 0 Å². The van der Waals surface area contributed by atoms with Crippen molar-refractivity contribution in [1.29, 1.82) is 0 Å². The third-order valence-electron chi connectivity index (χ3n) is 8.67. The van der Waals surface area contributed by atoms with Gasteiger partial charge in [-0.1, -0.05) is 44.2 Å². The Morgan fingerprint density at radius 1 is 1.07 bits per heavy atom. The monoisotopic (exact) mass is 422 g/mol. The summed E-state index contributed by atoms with van der Waals surface area (Å²) in [5.74, 6) is 2.66. The minimum atomic E-state index is -0.996. The molecular formula is C27H34O2S. The summed E-state index contributed by atoms with van der Waals surface area (Å²) in [4.78, 5) is 0.920. The fraction of sp³-hybridized carbons (Fsp3) is 0.556. The van der Waals surface area contributed by atoms with Gasteiger partial charge in [0.2, 0.25) is 0 Å². The molecule has 30 heavy (non-hydrogen) atoms. The average Bonchev–Trinajstić information content (AvgIpc) is 3.08. The van der Waals surface area contributed by atoms with Gasteiger partial charge in [-0.3, -0.25) is 4.21 Å². The lowest BCUT2D eigenvalue weighted by Crippen LogP contribution is -2.44. The van der Waals surface area contributed by atoms with Crippen LogP contribution in [0.25, 0.3) is 0 Å². The Labute approximate surface area is 183 Å². The summed E-state index contributed by atoms with van der Waals surface area (Å²) in [7, 11) is -0.996. The van der Waals surface area contributed by atoms with E-state index < -0.39 is 10.8 Å². The second-order valence-electron chi connectivity index (χ2n) is 10.0. The Balaban J connectivity index is 1.44. The SMILES string of the molecule is CCc1cc2c(cc1CS(=O)c1ccccc1)CCC1C2CCC2(C)C(O)CCC12. The van der Waals surface area contributed by atoms with E-state index in [1.54, 1.807) is 5.56 Å². The van der Waals surface area contributed by atoms with Crippen molar-refractivity contribution in [2.24, 2.45) is 17.3 Å². The molecule has 2 aromatic rings. The minimum absolute atomic E-state index is 0.105. The molecule has 3 aliphatic rings. The smallest absolute Gasteiger partial charge is 0.0596 e. The Morgan fingerprint density at radius 3 is 2.63 bits per heavy atom. The van der Waals surface area contributed by atoms with E-state index in [4.69, 9.17) is 0 Å². The largest absolute Gasteiger partial charge is 0.393 e. The van der Waals surface area contributed by atoms with Gasteiger partial charge < -0.3 is 5.11 Å². The van der Waals surface area contributed by atoms with Gasteiger partial charge in [0.15, 0.2) is 0 Å². The maximum atomic E-state index is 13.0. The maximum Gasteiger partial charge on any atom is 0.0596 e. The number of rotatable bonds is 4. The van der Waals surface area contributed by atoms with Crippen LogP contribution in [0, 0.1) is 17.3 Å². The molecule has 2 aromatic carbocycles. The van der Waals surface area contributed by atoms with Crippen molar-refractivity contribution in [2.45, 2.75) is 81.5 Å². The Kier molecular flexibility index (Phi) is 5.39. The van der Waals surface area contributed by atoms with Crippen LogP contribution in [0.1, 0.15) is 74.1 Å². The van der Waals surface area contributed by atoms with E-state index in [1.165, 1.54) is 36.0 Å². The first-order chi connectivity index (χ1) is 14.5. The minimum Gasteiger partial charge on any atom is -0.393 e. The summed E-state index contributed by atoms with van der Waals surface area (Å²) in [5, 5.41) is 10.6. The molecule has 6 unspecified atom stereocenters. The van der Waals surface area contributed by atoms with Gasteiger partial charge in [0.25, 0.3) is 0 Å². The molecule has 6 atom stereocenters. The summed E-state index contributed by atoms with van der Waals surface area (Å²) >= 11 is 0. The molecule has 2 fully saturated rings. The van der Waals surface area contributed by atoms with Crippen molar-refractivity contribution < 1.29 is 9.32 Å². The summed E-state index contributed by atoms with van der Waals surface area (Å²) in [6.07, 6.45) is 7.81. The first kappa shape index (κ1) is 20.5. The molecule has 3 heteroatoms. The van der Waals surface area contributed by atoms with Crippen LogP contribution in [-0.4, -0.2) is 15.4 Å². The van der Waals surface area contributed by atoms with Crippen molar-refractivity contribution in [1.82, 2.24) is 0 Å². The summed E-state index contributed by atoms with van der Waals surface area (Å²) in [5.41, 5.74) is 5.85. The lowest BCUT2D eigenvalue weighted by Gasteiger charge is -2.50. The van der Waals surface area contributed by atoms with Gasteiger partial charge in [-0.15, -0.1) is 0 Å². The van der Waals surface area contributed by atoms with Gasteiger partial charge in [-0.05, 0) is 103 Å². The van der Waals surface area contributed by atoms with E-state index in [0.717, 1.165) is 36.5 Å². The molecule has 0 aromatic heterocycles. The van der Waals surface area contributed by atoms with Gasteiger partial charge in [-0.25, -0.2) is 0 Å². The summed E-state index contributed by atoms with van der Waals surface area (Å²) in [6.45, 7) is 4.57. The molecule has 0 radical (unpaired) electrons. The third-order valence-corrected chi connectivity index (χ3v) is 10.0. The van der Waals surface area contributed by atoms with Gasteiger partial charge in [0, 0.05) is 4.90 Å². The normalized spacial score (nSPS) is 33.4. The average molecular weight is 423 g/mol. The van der Waals surface area contributed by atoms with E-state index in [2.05, 4.69) is 26.0 Å². The van der Waals surface area contributed by atoms with Gasteiger partial charge >= 0.3 is 0 Å². The van der Waals surface area contributed by atoms with Crippen LogP contribution >= 0.6 is 0 Å². The second-order valence-corrected chi connectivity index (χ2v) is 11.5. The van der Waals surface area contributed by atoms with E-state index in [9.17, 15) is 9.32 Å². The molecule has 160 valence electrons. The van der Waals surface area contributed by atoms with Crippen LogP contribution in [0.5, 0.6) is 0 Å². The molecule has 2 saturated carbocycles. The number of aliphatic hydroxyl groups is 1. The molecule has 5 rings (SSSR count). The van der Waals surface area contributed by atoms with Gasteiger partial charge in [0.05, 0.1) is 22.7 Å². The molecular weight excluding hydrogens is 388 g/mol. The van der Waals surface area contributed by atoms with Gasteiger partial charge in [-0.2, -0.15) is 0 Å². The number of hydrogen-bond acceptors (Lipinski definition) is 2. The molecule has 0 amide bonds. The Morgan fingerprint density at radius 2 is 1.87 bits per heavy atom. The van der Waals surface area contributed by atoms with Crippen LogP contribution < -0.4 is 0 Å². The third kappa shape index (κ3) is 3.29. The van der Waals surface area contributed by atoms with Crippen molar-refractivity contribution in [3.05, 3.63) is 64.7 Å². The van der Waals surface area contributed by atoms with Crippen LogP contribution in [0.3, 0.4) is 0 Å². The maximum absolute atomic E-state index is 13.0. The Bertz CT molecular complexity index is 953. The second kappa shape index (κ2) is 7.91. The topological polar surface area (TPSA) is 37.3 Å². The van der Waals surface area contributed by atoms with Crippen molar-refractivity contribution >= 4 is 10.8 Å². The van der Waals surface area contributed by atoms with E-state index in [-0.39, 0.29) is 11.5 Å². The highest BCUT2D eigenvalue weighted by molar-refractivity contribution is 7.84. The number of hydrogen-bond donors (Lipinski definition) is 1. The number of fused-ring (bicyclic) bond motifs is 5. The molecule has 0 spiro atoms. The highest BCUT2D eigenvalue weighted by atomic mass is 32.2. The molecule has 0 heterocycles. The van der Waals surface area contributed by atoms with Crippen LogP contribution in [0.2, 0.25) is 0 Å². The molecule has 0 saturated heterocycles. The van der Waals surface area contributed by atoms with E-state index in [0.29, 0.717) is 17.6 Å². The number of aryl methyl sites for hydroxylation is 2.